The molecule has 0 saturated carbocycles. The standard InChI is InChI=1S/C16H23NO4S.C2H6/c1-11-13(10-16(2,3)15(18)19)9-12-7-5-6-8-14(12)17(11)22(4,20)21;1-2/h5-8,11,13H,9-10H2,1-4H3,(H,18,19);1-2H3/t11-,13+;/m1./s1. The van der Waals surface area contributed by atoms with Crippen molar-refractivity contribution < 1.29 is 18.3 Å². The highest BCUT2D eigenvalue weighted by atomic mass is 32.2. The van der Waals surface area contributed by atoms with E-state index < -0.39 is 21.4 Å². The van der Waals surface area contributed by atoms with E-state index in [2.05, 4.69) is 0 Å². The van der Waals surface area contributed by atoms with Crippen LogP contribution in [-0.4, -0.2) is 31.8 Å². The van der Waals surface area contributed by atoms with Crippen LogP contribution in [0.3, 0.4) is 0 Å². The maximum absolute atomic E-state index is 12.2. The van der Waals surface area contributed by atoms with Crippen molar-refractivity contribution in [1.29, 1.82) is 0 Å². The van der Waals surface area contributed by atoms with Crippen molar-refractivity contribution in [2.45, 2.75) is 53.5 Å². The molecule has 0 saturated heterocycles. The van der Waals surface area contributed by atoms with E-state index in [1.807, 2.05) is 45.0 Å². The molecule has 0 fully saturated rings. The molecule has 5 nitrogen and oxygen atoms in total. The quantitative estimate of drug-likeness (QED) is 0.896. The van der Waals surface area contributed by atoms with E-state index in [0.717, 1.165) is 5.56 Å². The third-order valence-electron chi connectivity index (χ3n) is 4.47. The lowest BCUT2D eigenvalue weighted by molar-refractivity contribution is -0.148. The number of anilines is 1. The van der Waals surface area contributed by atoms with Crippen LogP contribution in [0.2, 0.25) is 0 Å². The second kappa shape index (κ2) is 7.55. The van der Waals surface area contributed by atoms with Gasteiger partial charge in [0.25, 0.3) is 0 Å². The molecule has 24 heavy (non-hydrogen) atoms. The molecule has 1 aromatic carbocycles. The minimum atomic E-state index is -3.41. The Morgan fingerprint density at radius 1 is 1.29 bits per heavy atom. The van der Waals surface area contributed by atoms with Crippen molar-refractivity contribution in [3.05, 3.63) is 29.8 Å². The number of hydrogen-bond donors (Lipinski definition) is 1. The molecule has 0 radical (unpaired) electrons. The molecule has 1 aromatic rings. The zero-order chi connectivity index (χ0) is 18.7. The number of benzene rings is 1. The van der Waals surface area contributed by atoms with Crippen molar-refractivity contribution >= 4 is 21.7 Å². The van der Waals surface area contributed by atoms with Crippen molar-refractivity contribution in [1.82, 2.24) is 0 Å². The van der Waals surface area contributed by atoms with Crippen LogP contribution < -0.4 is 4.31 Å². The van der Waals surface area contributed by atoms with Gasteiger partial charge in [0.15, 0.2) is 0 Å². The van der Waals surface area contributed by atoms with Crippen LogP contribution in [-0.2, 0) is 21.2 Å². The summed E-state index contributed by atoms with van der Waals surface area (Å²) in [6.07, 6.45) is 2.33. The summed E-state index contributed by atoms with van der Waals surface area (Å²) in [5.41, 5.74) is 0.785. The summed E-state index contributed by atoms with van der Waals surface area (Å²) in [7, 11) is -3.41. The van der Waals surface area contributed by atoms with E-state index in [-0.39, 0.29) is 12.0 Å². The van der Waals surface area contributed by atoms with Gasteiger partial charge in [0, 0.05) is 6.04 Å². The predicted molar refractivity (Wildman–Crippen MR) is 97.8 cm³/mol. The average Bonchev–Trinajstić information content (AvgIpc) is 2.48. The molecule has 136 valence electrons. The number of hydrogen-bond acceptors (Lipinski definition) is 3. The molecule has 0 bridgehead atoms. The lowest BCUT2D eigenvalue weighted by Crippen LogP contribution is -2.48. The molecule has 0 unspecified atom stereocenters. The monoisotopic (exact) mass is 355 g/mol. The van der Waals surface area contributed by atoms with E-state index in [1.54, 1.807) is 13.8 Å². The summed E-state index contributed by atoms with van der Waals surface area (Å²) >= 11 is 0. The zero-order valence-electron chi connectivity index (χ0n) is 15.4. The Hall–Kier alpha value is -1.56. The van der Waals surface area contributed by atoms with Crippen molar-refractivity contribution in [2.75, 3.05) is 10.6 Å². The van der Waals surface area contributed by atoms with Gasteiger partial charge in [-0.1, -0.05) is 32.0 Å². The molecule has 2 atom stereocenters. The van der Waals surface area contributed by atoms with E-state index in [0.29, 0.717) is 18.5 Å². The van der Waals surface area contributed by atoms with Crippen LogP contribution in [0, 0.1) is 11.3 Å². The fraction of sp³-hybridized carbons (Fsp3) is 0.611. The maximum atomic E-state index is 12.2. The summed E-state index contributed by atoms with van der Waals surface area (Å²) in [6.45, 7) is 9.24. The normalized spacial score (nSPS) is 20.7. The second-order valence-electron chi connectivity index (χ2n) is 6.79. The van der Waals surface area contributed by atoms with Crippen LogP contribution in [0.4, 0.5) is 5.69 Å². The van der Waals surface area contributed by atoms with Crippen LogP contribution in [0.1, 0.15) is 46.6 Å². The molecule has 0 spiro atoms. The molecule has 1 aliphatic rings. The molecular formula is C18H29NO4S. The molecule has 0 aliphatic carbocycles. The Labute approximate surface area is 145 Å². The lowest BCUT2D eigenvalue weighted by atomic mass is 9.76. The van der Waals surface area contributed by atoms with Gasteiger partial charge in [-0.25, -0.2) is 8.42 Å². The smallest absolute Gasteiger partial charge is 0.309 e. The van der Waals surface area contributed by atoms with Crippen LogP contribution in [0.15, 0.2) is 24.3 Å². The molecule has 1 heterocycles. The second-order valence-corrected chi connectivity index (χ2v) is 8.64. The van der Waals surface area contributed by atoms with Crippen molar-refractivity contribution in [3.8, 4) is 0 Å². The Bertz CT molecular complexity index is 682. The number of sulfonamides is 1. The first-order valence-electron chi connectivity index (χ1n) is 8.35. The Morgan fingerprint density at radius 2 is 1.83 bits per heavy atom. The third kappa shape index (κ3) is 4.29. The van der Waals surface area contributed by atoms with Crippen LogP contribution in [0.25, 0.3) is 0 Å². The highest BCUT2D eigenvalue weighted by molar-refractivity contribution is 7.92. The van der Waals surface area contributed by atoms with Gasteiger partial charge in [0.2, 0.25) is 10.0 Å². The highest BCUT2D eigenvalue weighted by Crippen LogP contribution is 2.40. The fourth-order valence-electron chi connectivity index (χ4n) is 3.23. The summed E-state index contributed by atoms with van der Waals surface area (Å²) in [4.78, 5) is 11.4. The van der Waals surface area contributed by atoms with Gasteiger partial charge < -0.3 is 5.11 Å². The van der Waals surface area contributed by atoms with Gasteiger partial charge in [-0.3, -0.25) is 9.10 Å². The van der Waals surface area contributed by atoms with Gasteiger partial charge in [-0.05, 0) is 51.2 Å². The number of fused-ring (bicyclic) bond motifs is 1. The van der Waals surface area contributed by atoms with E-state index in [4.69, 9.17) is 0 Å². The number of carbonyl (C=O) groups is 1. The summed E-state index contributed by atoms with van der Waals surface area (Å²) < 4.78 is 25.9. The molecule has 1 aliphatic heterocycles. The number of nitrogens with zero attached hydrogens (tertiary/aromatic N) is 1. The summed E-state index contributed by atoms with van der Waals surface area (Å²) in [6, 6.07) is 7.18. The maximum Gasteiger partial charge on any atom is 0.309 e. The SMILES string of the molecule is CC.C[C@@H]1[C@H](CC(C)(C)C(=O)O)Cc2ccccc2N1S(C)(=O)=O. The van der Waals surface area contributed by atoms with Crippen LogP contribution >= 0.6 is 0 Å². The Kier molecular flexibility index (Phi) is 6.45. The largest absolute Gasteiger partial charge is 0.481 e. The fourth-order valence-corrected chi connectivity index (χ4v) is 4.54. The van der Waals surface area contributed by atoms with Crippen molar-refractivity contribution in [2.24, 2.45) is 11.3 Å². The minimum absolute atomic E-state index is 0.0317. The third-order valence-corrected chi connectivity index (χ3v) is 5.72. The number of aliphatic carboxylic acids is 1. The molecule has 0 aromatic heterocycles. The number of rotatable bonds is 4. The first kappa shape index (κ1) is 20.5. The zero-order valence-corrected chi connectivity index (χ0v) is 16.2. The molecular weight excluding hydrogens is 326 g/mol. The Balaban J connectivity index is 0.00000139. The summed E-state index contributed by atoms with van der Waals surface area (Å²) in [5.74, 6) is -0.889. The van der Waals surface area contributed by atoms with Crippen molar-refractivity contribution in [3.63, 3.8) is 0 Å². The Morgan fingerprint density at radius 3 is 2.33 bits per heavy atom. The summed E-state index contributed by atoms with van der Waals surface area (Å²) in [5, 5.41) is 9.35. The number of carboxylic acid groups (broad SMARTS) is 1. The predicted octanol–water partition coefficient (Wildman–Crippen LogP) is 3.54. The number of para-hydroxylation sites is 1. The van der Waals surface area contributed by atoms with Gasteiger partial charge in [0.1, 0.15) is 0 Å². The first-order chi connectivity index (χ1) is 11.0. The van der Waals surface area contributed by atoms with Gasteiger partial charge in [0.05, 0.1) is 17.4 Å². The lowest BCUT2D eigenvalue weighted by Gasteiger charge is -2.42. The number of carboxylic acids is 1. The molecule has 2 rings (SSSR count). The van der Waals surface area contributed by atoms with Gasteiger partial charge in [-0.2, -0.15) is 0 Å². The molecule has 6 heteroatoms. The van der Waals surface area contributed by atoms with E-state index >= 15 is 0 Å². The minimum Gasteiger partial charge on any atom is -0.481 e. The van der Waals surface area contributed by atoms with Gasteiger partial charge in [-0.15, -0.1) is 0 Å². The molecule has 0 amide bonds. The van der Waals surface area contributed by atoms with Gasteiger partial charge >= 0.3 is 5.97 Å². The molecule has 1 N–H and O–H groups in total. The topological polar surface area (TPSA) is 74.7 Å². The van der Waals surface area contributed by atoms with E-state index in [1.165, 1.54) is 10.6 Å². The average molecular weight is 356 g/mol. The van der Waals surface area contributed by atoms with E-state index in [9.17, 15) is 18.3 Å². The van der Waals surface area contributed by atoms with Crippen LogP contribution in [0.5, 0.6) is 0 Å². The first-order valence-corrected chi connectivity index (χ1v) is 10.2. The highest BCUT2D eigenvalue weighted by Gasteiger charge is 2.40.